The fourth-order valence-corrected chi connectivity index (χ4v) is 1.93. The Morgan fingerprint density at radius 1 is 1.23 bits per heavy atom. The highest BCUT2D eigenvalue weighted by atomic mass is 16.6. The van der Waals surface area contributed by atoms with Gasteiger partial charge in [0, 0.05) is 12.4 Å². The largest absolute Gasteiger partial charge is 0.478 e. The maximum Gasteiger partial charge on any atom is 0.415 e. The van der Waals surface area contributed by atoms with Gasteiger partial charge in [-0.1, -0.05) is 18.2 Å². The zero-order valence-corrected chi connectivity index (χ0v) is 13.0. The van der Waals surface area contributed by atoms with Crippen LogP contribution < -0.4 is 4.90 Å². The highest BCUT2D eigenvalue weighted by molar-refractivity contribution is 6.04. The fourth-order valence-electron chi connectivity index (χ4n) is 1.93. The Hall–Kier alpha value is -2.63. The smallest absolute Gasteiger partial charge is 0.415 e. The van der Waals surface area contributed by atoms with Gasteiger partial charge in [-0.05, 0) is 32.9 Å². The molecule has 6 heteroatoms. The Labute approximate surface area is 128 Å². The lowest BCUT2D eigenvalue weighted by molar-refractivity contribution is 0.0586. The predicted molar refractivity (Wildman–Crippen MR) is 83.3 cm³/mol. The van der Waals surface area contributed by atoms with Gasteiger partial charge in [0.25, 0.3) is 0 Å². The molecular weight excluding hydrogens is 284 g/mol. The standard InChI is InChI=1S/C16H18N2O4/c1-16(2,3)22-15(21)18(4)13-9-11(14(19)20)10-7-5-6-8-12(10)17-13/h5-9H,1-4H3,(H,19,20). The van der Waals surface area contributed by atoms with E-state index in [0.29, 0.717) is 10.9 Å². The van der Waals surface area contributed by atoms with Crippen molar-refractivity contribution < 1.29 is 19.4 Å². The van der Waals surface area contributed by atoms with E-state index in [4.69, 9.17) is 4.74 Å². The van der Waals surface area contributed by atoms with Crippen LogP contribution in [0.4, 0.5) is 10.6 Å². The first-order chi connectivity index (χ1) is 10.2. The van der Waals surface area contributed by atoms with Crippen LogP contribution in [0.5, 0.6) is 0 Å². The molecule has 2 rings (SSSR count). The minimum atomic E-state index is -1.07. The average molecular weight is 302 g/mol. The van der Waals surface area contributed by atoms with E-state index in [1.807, 2.05) is 0 Å². The number of hydrogen-bond acceptors (Lipinski definition) is 4. The molecule has 6 nitrogen and oxygen atoms in total. The molecule has 0 saturated carbocycles. The Morgan fingerprint density at radius 3 is 2.45 bits per heavy atom. The molecule has 2 aromatic rings. The maximum atomic E-state index is 12.1. The number of aromatic nitrogens is 1. The van der Waals surface area contributed by atoms with Crippen LogP contribution >= 0.6 is 0 Å². The third-order valence-electron chi connectivity index (χ3n) is 2.94. The summed E-state index contributed by atoms with van der Waals surface area (Å²) in [6, 6.07) is 8.26. The van der Waals surface area contributed by atoms with Gasteiger partial charge in [0.15, 0.2) is 0 Å². The van der Waals surface area contributed by atoms with Gasteiger partial charge in [-0.25, -0.2) is 14.6 Å². The highest BCUT2D eigenvalue weighted by Gasteiger charge is 2.23. The number of carboxylic acid groups (broad SMARTS) is 1. The molecule has 0 unspecified atom stereocenters. The number of benzene rings is 1. The maximum absolute atomic E-state index is 12.1. The first-order valence-electron chi connectivity index (χ1n) is 6.79. The summed E-state index contributed by atoms with van der Waals surface area (Å²) in [5, 5.41) is 9.88. The van der Waals surface area contributed by atoms with Gasteiger partial charge in [-0.15, -0.1) is 0 Å². The molecule has 1 heterocycles. The van der Waals surface area contributed by atoms with Crippen LogP contribution in [0.25, 0.3) is 10.9 Å². The molecule has 1 aromatic carbocycles. The van der Waals surface area contributed by atoms with E-state index in [1.54, 1.807) is 45.0 Å². The number of rotatable bonds is 2. The van der Waals surface area contributed by atoms with Crippen molar-refractivity contribution in [2.75, 3.05) is 11.9 Å². The van der Waals surface area contributed by atoms with Crippen LogP contribution in [0, 0.1) is 0 Å². The van der Waals surface area contributed by atoms with Gasteiger partial charge in [-0.2, -0.15) is 0 Å². The molecule has 0 aliphatic heterocycles. The summed E-state index contributed by atoms with van der Waals surface area (Å²) in [4.78, 5) is 29.0. The zero-order chi connectivity index (χ0) is 16.5. The van der Waals surface area contributed by atoms with Crippen molar-refractivity contribution in [2.24, 2.45) is 0 Å². The second kappa shape index (κ2) is 5.63. The number of carboxylic acids is 1. The van der Waals surface area contributed by atoms with Crippen molar-refractivity contribution in [1.82, 2.24) is 4.98 Å². The van der Waals surface area contributed by atoms with Gasteiger partial charge >= 0.3 is 12.1 Å². The summed E-state index contributed by atoms with van der Waals surface area (Å²) in [7, 11) is 1.50. The van der Waals surface area contributed by atoms with Crippen LogP contribution in [-0.4, -0.2) is 34.8 Å². The Morgan fingerprint density at radius 2 is 1.86 bits per heavy atom. The molecule has 0 aliphatic carbocycles. The second-order valence-electron chi connectivity index (χ2n) is 5.89. The Bertz CT molecular complexity index is 734. The summed E-state index contributed by atoms with van der Waals surface area (Å²) in [6.45, 7) is 5.28. The van der Waals surface area contributed by atoms with E-state index in [-0.39, 0.29) is 11.4 Å². The minimum absolute atomic E-state index is 0.0935. The first kappa shape index (κ1) is 15.8. The second-order valence-corrected chi connectivity index (χ2v) is 5.89. The van der Waals surface area contributed by atoms with E-state index >= 15 is 0 Å². The molecule has 116 valence electrons. The number of hydrogen-bond donors (Lipinski definition) is 1. The van der Waals surface area contributed by atoms with Crippen LogP contribution in [0.3, 0.4) is 0 Å². The highest BCUT2D eigenvalue weighted by Crippen LogP contribution is 2.23. The lowest BCUT2D eigenvalue weighted by atomic mass is 10.1. The molecule has 0 aliphatic rings. The third-order valence-corrected chi connectivity index (χ3v) is 2.94. The van der Waals surface area contributed by atoms with Gasteiger partial charge in [0.1, 0.15) is 11.4 Å². The summed E-state index contributed by atoms with van der Waals surface area (Å²) >= 11 is 0. The summed E-state index contributed by atoms with van der Waals surface area (Å²) in [5.74, 6) is -0.845. The number of fused-ring (bicyclic) bond motifs is 1. The number of anilines is 1. The van der Waals surface area contributed by atoms with Crippen LogP contribution in [-0.2, 0) is 4.74 Å². The normalized spacial score (nSPS) is 11.3. The molecule has 1 N–H and O–H groups in total. The van der Waals surface area contributed by atoms with Crippen molar-refractivity contribution in [3.63, 3.8) is 0 Å². The number of amides is 1. The number of pyridine rings is 1. The number of carbonyl (C=O) groups excluding carboxylic acids is 1. The van der Waals surface area contributed by atoms with E-state index < -0.39 is 17.7 Å². The number of para-hydroxylation sites is 1. The van der Waals surface area contributed by atoms with Crippen molar-refractivity contribution in [3.8, 4) is 0 Å². The van der Waals surface area contributed by atoms with Gasteiger partial charge in [0.2, 0.25) is 0 Å². The molecule has 0 saturated heterocycles. The molecule has 0 atom stereocenters. The van der Waals surface area contributed by atoms with Crippen LogP contribution in [0.15, 0.2) is 30.3 Å². The molecule has 0 fully saturated rings. The topological polar surface area (TPSA) is 79.7 Å². The molecule has 1 aromatic heterocycles. The van der Waals surface area contributed by atoms with Gasteiger partial charge in [-0.3, -0.25) is 4.90 Å². The van der Waals surface area contributed by atoms with Gasteiger partial charge in [0.05, 0.1) is 11.1 Å². The lowest BCUT2D eigenvalue weighted by Crippen LogP contribution is -2.34. The Kier molecular flexibility index (Phi) is 4.03. The summed E-state index contributed by atoms with van der Waals surface area (Å²) in [5.41, 5.74) is -0.0403. The molecule has 0 bridgehead atoms. The lowest BCUT2D eigenvalue weighted by Gasteiger charge is -2.24. The Balaban J connectivity index is 2.47. The van der Waals surface area contributed by atoms with E-state index in [1.165, 1.54) is 18.0 Å². The number of carbonyl (C=O) groups is 2. The molecule has 0 spiro atoms. The zero-order valence-electron chi connectivity index (χ0n) is 13.0. The molecule has 1 amide bonds. The monoisotopic (exact) mass is 302 g/mol. The molecule has 22 heavy (non-hydrogen) atoms. The number of ether oxygens (including phenoxy) is 1. The van der Waals surface area contributed by atoms with Crippen LogP contribution in [0.1, 0.15) is 31.1 Å². The van der Waals surface area contributed by atoms with Crippen molar-refractivity contribution >= 4 is 28.8 Å². The SMILES string of the molecule is CN(C(=O)OC(C)(C)C)c1cc(C(=O)O)c2ccccc2n1. The average Bonchev–Trinajstić information content (AvgIpc) is 2.43. The number of nitrogens with zero attached hydrogens (tertiary/aromatic N) is 2. The minimum Gasteiger partial charge on any atom is -0.478 e. The third kappa shape index (κ3) is 3.33. The van der Waals surface area contributed by atoms with E-state index in [0.717, 1.165) is 0 Å². The summed E-state index contributed by atoms with van der Waals surface area (Å²) < 4.78 is 5.27. The summed E-state index contributed by atoms with van der Waals surface area (Å²) in [6.07, 6.45) is -0.591. The van der Waals surface area contributed by atoms with Crippen molar-refractivity contribution in [3.05, 3.63) is 35.9 Å². The van der Waals surface area contributed by atoms with Crippen molar-refractivity contribution in [2.45, 2.75) is 26.4 Å². The quantitative estimate of drug-likeness (QED) is 0.920. The van der Waals surface area contributed by atoms with Crippen LogP contribution in [0.2, 0.25) is 0 Å². The first-order valence-corrected chi connectivity index (χ1v) is 6.79. The van der Waals surface area contributed by atoms with E-state index in [9.17, 15) is 14.7 Å². The van der Waals surface area contributed by atoms with Crippen molar-refractivity contribution in [1.29, 1.82) is 0 Å². The van der Waals surface area contributed by atoms with E-state index in [2.05, 4.69) is 4.98 Å². The molecule has 0 radical (unpaired) electrons. The fraction of sp³-hybridized carbons (Fsp3) is 0.312. The van der Waals surface area contributed by atoms with Gasteiger partial charge < -0.3 is 9.84 Å². The molecular formula is C16H18N2O4. The number of aromatic carboxylic acids is 1. The predicted octanol–water partition coefficient (Wildman–Crippen LogP) is 3.30.